The molecule has 1 spiro atoms. The van der Waals surface area contributed by atoms with E-state index in [0.717, 1.165) is 91.6 Å². The van der Waals surface area contributed by atoms with Gasteiger partial charge in [0.25, 0.3) is 0 Å². The zero-order chi connectivity index (χ0) is 56.9. The van der Waals surface area contributed by atoms with Crippen LogP contribution in [-0.4, -0.2) is 11.5 Å². The molecule has 0 aromatic heterocycles. The average molecular weight is 1030 g/mol. The minimum Gasteiger partial charge on any atom is -0.262 e. The largest absolute Gasteiger partial charge is 0.262 e. The molecular formula is C74H95N3. The van der Waals surface area contributed by atoms with Crippen molar-refractivity contribution in [2.75, 3.05) is 0 Å². The van der Waals surface area contributed by atoms with Gasteiger partial charge in [-0.2, -0.15) is 5.26 Å². The molecule has 7 rings (SSSR count). The van der Waals surface area contributed by atoms with Crippen LogP contribution in [0.1, 0.15) is 208 Å². The molecule has 1 atom stereocenters. The van der Waals surface area contributed by atoms with E-state index in [2.05, 4.69) is 202 Å². The zero-order valence-electron chi connectivity index (χ0n) is 50.6. The van der Waals surface area contributed by atoms with Gasteiger partial charge in [-0.15, -0.1) is 0 Å². The van der Waals surface area contributed by atoms with Crippen LogP contribution >= 0.6 is 0 Å². The zero-order valence-corrected chi connectivity index (χ0v) is 50.6. The average Bonchev–Trinajstić information content (AvgIpc) is 4.06. The summed E-state index contributed by atoms with van der Waals surface area (Å²) in [4.78, 5) is 11.3. The molecule has 3 aliphatic carbocycles. The van der Waals surface area contributed by atoms with Crippen molar-refractivity contribution in [1.82, 2.24) is 0 Å². The van der Waals surface area contributed by atoms with E-state index in [4.69, 9.17) is 9.98 Å². The maximum absolute atomic E-state index is 9.78. The highest BCUT2D eigenvalue weighted by Gasteiger charge is 2.52. The third kappa shape index (κ3) is 14.3. The Hall–Kier alpha value is -6.63. The van der Waals surface area contributed by atoms with Crippen molar-refractivity contribution in [2.45, 2.75) is 191 Å². The van der Waals surface area contributed by atoms with Crippen molar-refractivity contribution in [3.05, 3.63) is 231 Å². The molecular weight excluding hydrogens is 931 g/mol. The molecule has 4 aliphatic rings. The Morgan fingerprint density at radius 1 is 0.818 bits per heavy atom. The molecule has 3 nitrogen and oxygen atoms in total. The number of nitriles is 1. The first-order valence-corrected chi connectivity index (χ1v) is 29.2. The number of allylic oxidation sites excluding steroid dienone is 21. The number of nitrogens with zero attached hydrogens (tertiary/aromatic N) is 3. The summed E-state index contributed by atoms with van der Waals surface area (Å²) in [5, 5.41) is 9.78. The Morgan fingerprint density at radius 3 is 2.16 bits per heavy atom. The van der Waals surface area contributed by atoms with Gasteiger partial charge in [0.1, 0.15) is 0 Å². The molecule has 3 heteroatoms. The molecule has 0 saturated carbocycles. The minimum atomic E-state index is -0.469. The fourth-order valence-electron chi connectivity index (χ4n) is 11.1. The van der Waals surface area contributed by atoms with E-state index in [1.807, 2.05) is 67.5 Å². The van der Waals surface area contributed by atoms with Crippen molar-refractivity contribution in [3.63, 3.8) is 0 Å². The molecule has 1 heterocycles. The SMILES string of the molecule is C=C/C=C\C1=C(CC)C23c4cc(ccc41)CN=C(/C(=C/C=C\C)CC)N=C(/C1=C/C=C(C(/C=C(\C)C#N)=C/C)\C(=C)/C=C\CC=CCC1)CCCCC(C)(C)c1ccc(c2c1)-c1ccc(C(C)(C)C)cc13.CC.CC.CC. The van der Waals surface area contributed by atoms with E-state index >= 15 is 0 Å². The molecule has 0 amide bonds. The number of benzene rings is 3. The van der Waals surface area contributed by atoms with Gasteiger partial charge in [-0.05, 0) is 178 Å². The molecule has 406 valence electrons. The van der Waals surface area contributed by atoms with Gasteiger partial charge in [-0.3, -0.25) is 4.99 Å². The van der Waals surface area contributed by atoms with Crippen LogP contribution in [-0.2, 0) is 22.8 Å². The van der Waals surface area contributed by atoms with Gasteiger partial charge in [-0.1, -0.05) is 243 Å². The second kappa shape index (κ2) is 29.8. The summed E-state index contributed by atoms with van der Waals surface area (Å²) in [7, 11) is 0. The number of fused-ring (bicyclic) bond motifs is 4. The van der Waals surface area contributed by atoms with Crippen LogP contribution in [0.15, 0.2) is 202 Å². The summed E-state index contributed by atoms with van der Waals surface area (Å²) < 4.78 is 0. The highest BCUT2D eigenvalue weighted by Crippen LogP contribution is 2.63. The van der Waals surface area contributed by atoms with E-state index in [0.29, 0.717) is 12.1 Å². The fourth-order valence-corrected chi connectivity index (χ4v) is 11.1. The minimum absolute atomic E-state index is 0.0221. The van der Waals surface area contributed by atoms with Crippen LogP contribution in [0, 0.1) is 11.3 Å². The van der Waals surface area contributed by atoms with Crippen molar-refractivity contribution in [3.8, 4) is 17.2 Å². The summed E-state index contributed by atoms with van der Waals surface area (Å²) in [6.07, 6.45) is 38.2. The lowest BCUT2D eigenvalue weighted by atomic mass is 9.67. The Morgan fingerprint density at radius 2 is 1.51 bits per heavy atom. The van der Waals surface area contributed by atoms with Gasteiger partial charge in [0.2, 0.25) is 0 Å². The summed E-state index contributed by atoms with van der Waals surface area (Å²) in [6.45, 7) is 43.5. The van der Waals surface area contributed by atoms with Crippen LogP contribution in [0.3, 0.4) is 0 Å². The first-order chi connectivity index (χ1) is 37.2. The van der Waals surface area contributed by atoms with Crippen molar-refractivity contribution >= 4 is 17.1 Å². The highest BCUT2D eigenvalue weighted by molar-refractivity contribution is 6.12. The predicted octanol–water partition coefficient (Wildman–Crippen LogP) is 21.5. The van der Waals surface area contributed by atoms with Gasteiger partial charge >= 0.3 is 0 Å². The van der Waals surface area contributed by atoms with Crippen LogP contribution in [0.5, 0.6) is 0 Å². The number of rotatable bonds is 9. The molecule has 77 heavy (non-hydrogen) atoms. The second-order valence-electron chi connectivity index (χ2n) is 21.2. The maximum Gasteiger partial charge on any atom is 0.151 e. The molecule has 0 fully saturated rings. The van der Waals surface area contributed by atoms with E-state index < -0.39 is 5.41 Å². The first-order valence-electron chi connectivity index (χ1n) is 29.2. The Bertz CT molecular complexity index is 3000. The molecule has 0 radical (unpaired) electrons. The Labute approximate surface area is 469 Å². The molecule has 0 saturated heterocycles. The van der Waals surface area contributed by atoms with Gasteiger partial charge < -0.3 is 0 Å². The third-order valence-electron chi connectivity index (χ3n) is 15.0. The number of aliphatic imine (C=N–C) groups is 2. The Balaban J connectivity index is 0.00000206. The monoisotopic (exact) mass is 1030 g/mol. The maximum atomic E-state index is 9.78. The van der Waals surface area contributed by atoms with E-state index in [9.17, 15) is 5.26 Å². The molecule has 3 aromatic rings. The van der Waals surface area contributed by atoms with Gasteiger partial charge in [-0.25, -0.2) is 4.99 Å². The third-order valence-corrected chi connectivity index (χ3v) is 15.0. The number of amidine groups is 1. The number of hydrogen-bond donors (Lipinski definition) is 0. The summed E-state index contributed by atoms with van der Waals surface area (Å²) >= 11 is 0. The Kier molecular flexibility index (Phi) is 24.3. The normalized spacial score (nSPS) is 20.6. The molecule has 1 aliphatic heterocycles. The summed E-state index contributed by atoms with van der Waals surface area (Å²) in [5.74, 6) is 0.790. The lowest BCUT2D eigenvalue weighted by Gasteiger charge is -2.35. The molecule has 0 N–H and O–H groups in total. The molecule has 4 bridgehead atoms. The van der Waals surface area contributed by atoms with Crippen LogP contribution in [0.25, 0.3) is 16.7 Å². The lowest BCUT2D eigenvalue weighted by Crippen LogP contribution is -2.29. The smallest absolute Gasteiger partial charge is 0.151 e. The topological polar surface area (TPSA) is 48.5 Å². The highest BCUT2D eigenvalue weighted by atomic mass is 14.9. The summed E-state index contributed by atoms with van der Waals surface area (Å²) in [5.41, 5.74) is 21.1. The number of hydrogen-bond acceptors (Lipinski definition) is 3. The van der Waals surface area contributed by atoms with Gasteiger partial charge in [0.15, 0.2) is 5.84 Å². The first kappa shape index (κ1) is 62.9. The fraction of sp³-hybridized carbons (Fsp3) is 0.392. The van der Waals surface area contributed by atoms with E-state index in [1.54, 1.807) is 0 Å². The van der Waals surface area contributed by atoms with Gasteiger partial charge in [0, 0.05) is 11.3 Å². The quantitative estimate of drug-likeness (QED) is 0.120. The predicted molar refractivity (Wildman–Crippen MR) is 341 cm³/mol. The van der Waals surface area contributed by atoms with Crippen molar-refractivity contribution in [1.29, 1.82) is 5.26 Å². The van der Waals surface area contributed by atoms with Crippen LogP contribution < -0.4 is 0 Å². The van der Waals surface area contributed by atoms with Crippen LogP contribution in [0.2, 0.25) is 0 Å². The van der Waals surface area contributed by atoms with E-state index in [-0.39, 0.29) is 10.8 Å². The molecule has 3 aromatic carbocycles. The second-order valence-corrected chi connectivity index (χ2v) is 21.2. The summed E-state index contributed by atoms with van der Waals surface area (Å²) in [6, 6.07) is 24.3. The van der Waals surface area contributed by atoms with Crippen molar-refractivity contribution < 1.29 is 0 Å². The van der Waals surface area contributed by atoms with Crippen LogP contribution in [0.4, 0.5) is 0 Å². The van der Waals surface area contributed by atoms with Crippen molar-refractivity contribution in [2.24, 2.45) is 9.98 Å². The van der Waals surface area contributed by atoms with Gasteiger partial charge in [0.05, 0.1) is 18.0 Å². The lowest BCUT2D eigenvalue weighted by molar-refractivity contribution is 0.454. The van der Waals surface area contributed by atoms with E-state index in [1.165, 1.54) is 66.8 Å². The molecule has 1 unspecified atom stereocenters. The standard InChI is InChI=1S/C68H77N3.3C2H6/c1-13-18-28-50(15-3)65-70-46-49-32-36-57-56(30-19-14-2)60(17-5)68(61(57)42-49)62-43-53(66(8,9)10)34-38-58(62)59-39-35-54(44-63(59)68)67(11,12)40-26-25-31-64(71-65)52-29-24-22-20-21-23-27-48(7)55(37-33-52)51(16-4)41-47(6)45-69;3*1-2/h13-14,16,18-20,22-23,27-28,30,32-39,41-44H,2,7,15,17,21,24-26,29,31,40,46H2,1,3-6,8-12H3;3*1-2H3/b18-13-,22-20?,27-23-,30-19-,47-41+,50-28+,51-16+,52-33+,55-37+,70-65?,71-64?;;;.